The minimum atomic E-state index is -0.0181. The fraction of sp³-hybridized carbons (Fsp3) is 0.280. The summed E-state index contributed by atoms with van der Waals surface area (Å²) in [5.41, 5.74) is 5.69. The second-order valence-corrected chi connectivity index (χ2v) is 8.33. The Morgan fingerprint density at radius 2 is 1.65 bits per heavy atom. The van der Waals surface area contributed by atoms with Gasteiger partial charge in [-0.1, -0.05) is 44.0 Å². The maximum Gasteiger partial charge on any atom is 0.265 e. The molecular formula is C25H23N5O. The predicted octanol–water partition coefficient (Wildman–Crippen LogP) is 4.96. The van der Waals surface area contributed by atoms with Gasteiger partial charge in [0, 0.05) is 11.7 Å². The van der Waals surface area contributed by atoms with Gasteiger partial charge in [0.25, 0.3) is 5.56 Å². The molecule has 0 spiro atoms. The zero-order chi connectivity index (χ0) is 20.9. The van der Waals surface area contributed by atoms with Crippen molar-refractivity contribution >= 4 is 33.2 Å². The number of nitrogens with zero attached hydrogens (tertiary/aromatic N) is 5. The van der Waals surface area contributed by atoms with Crippen LogP contribution in [0.15, 0.2) is 59.7 Å². The summed E-state index contributed by atoms with van der Waals surface area (Å²) in [6.45, 7) is 2.14. The molecule has 1 aliphatic carbocycles. The molecule has 154 valence electrons. The lowest BCUT2D eigenvalue weighted by Gasteiger charge is -2.13. The average Bonchev–Trinajstić information content (AvgIpc) is 3.44. The highest BCUT2D eigenvalue weighted by atomic mass is 16.1. The largest absolute Gasteiger partial charge is 0.295 e. The quantitative estimate of drug-likeness (QED) is 0.422. The Bertz CT molecular complexity index is 1490. The van der Waals surface area contributed by atoms with E-state index in [0.29, 0.717) is 22.2 Å². The third-order valence-corrected chi connectivity index (χ3v) is 6.51. The topological polar surface area (TPSA) is 65.6 Å². The van der Waals surface area contributed by atoms with Crippen LogP contribution in [0.1, 0.15) is 44.2 Å². The molecule has 6 heteroatoms. The lowest BCUT2D eigenvalue weighted by Crippen LogP contribution is -2.23. The van der Waals surface area contributed by atoms with Crippen molar-refractivity contribution in [3.05, 3.63) is 70.8 Å². The number of hydrogen-bond acceptors (Lipinski definition) is 4. The second-order valence-electron chi connectivity index (χ2n) is 8.33. The fourth-order valence-corrected chi connectivity index (χ4v) is 4.82. The van der Waals surface area contributed by atoms with Crippen LogP contribution in [0.3, 0.4) is 0 Å². The number of aryl methyl sites for hydroxylation is 1. The highest BCUT2D eigenvalue weighted by Gasteiger charge is 2.24. The molecule has 0 aliphatic heterocycles. The van der Waals surface area contributed by atoms with Gasteiger partial charge < -0.3 is 0 Å². The van der Waals surface area contributed by atoms with Crippen molar-refractivity contribution in [1.82, 2.24) is 24.1 Å². The monoisotopic (exact) mass is 409 g/mol. The molecule has 0 bridgehead atoms. The maximum absolute atomic E-state index is 13.7. The highest BCUT2D eigenvalue weighted by Crippen LogP contribution is 2.31. The van der Waals surface area contributed by atoms with E-state index < -0.39 is 0 Å². The van der Waals surface area contributed by atoms with Crippen LogP contribution >= 0.6 is 0 Å². The molecule has 0 unspecified atom stereocenters. The van der Waals surface area contributed by atoms with Gasteiger partial charge in [-0.25, -0.2) is 15.0 Å². The van der Waals surface area contributed by atoms with E-state index in [2.05, 4.69) is 31.2 Å². The number of fused-ring (bicyclic) bond motifs is 4. The lowest BCUT2D eigenvalue weighted by molar-refractivity contribution is 0.499. The van der Waals surface area contributed by atoms with E-state index in [1.807, 2.05) is 33.4 Å². The molecule has 0 amide bonds. The SMILES string of the molecule is CCc1ccc(-n2c3nc4ccccc4nc3c3c(=O)n(C4CCCC4)cnc32)cc1. The van der Waals surface area contributed by atoms with Gasteiger partial charge in [-0.3, -0.25) is 13.9 Å². The van der Waals surface area contributed by atoms with Crippen LogP contribution in [-0.2, 0) is 6.42 Å². The molecule has 5 aromatic rings. The molecule has 0 N–H and O–H groups in total. The van der Waals surface area contributed by atoms with Gasteiger partial charge in [-0.15, -0.1) is 0 Å². The molecule has 6 nitrogen and oxygen atoms in total. The molecule has 1 saturated carbocycles. The van der Waals surface area contributed by atoms with E-state index in [0.717, 1.165) is 48.8 Å². The van der Waals surface area contributed by atoms with Crippen LogP contribution in [0, 0.1) is 0 Å². The van der Waals surface area contributed by atoms with Crippen LogP contribution in [0.25, 0.3) is 38.9 Å². The summed E-state index contributed by atoms with van der Waals surface area (Å²) in [5, 5.41) is 0.558. The van der Waals surface area contributed by atoms with Gasteiger partial charge >= 0.3 is 0 Å². The van der Waals surface area contributed by atoms with Crippen LogP contribution in [0.2, 0.25) is 0 Å². The first-order valence-electron chi connectivity index (χ1n) is 11.0. The Hall–Kier alpha value is -3.54. The first kappa shape index (κ1) is 18.2. The molecule has 0 radical (unpaired) electrons. The van der Waals surface area contributed by atoms with Crippen molar-refractivity contribution in [3.63, 3.8) is 0 Å². The van der Waals surface area contributed by atoms with Gasteiger partial charge in [0.15, 0.2) is 11.3 Å². The molecule has 3 aromatic heterocycles. The van der Waals surface area contributed by atoms with Crippen LogP contribution in [-0.4, -0.2) is 24.1 Å². The summed E-state index contributed by atoms with van der Waals surface area (Å²) in [5.74, 6) is 0. The molecule has 1 fully saturated rings. The van der Waals surface area contributed by atoms with Gasteiger partial charge in [-0.2, -0.15) is 0 Å². The Labute approximate surface area is 179 Å². The van der Waals surface area contributed by atoms with Crippen LogP contribution < -0.4 is 5.56 Å². The summed E-state index contributed by atoms with van der Waals surface area (Å²) in [4.78, 5) is 28.2. The minimum absolute atomic E-state index is 0.0181. The summed E-state index contributed by atoms with van der Waals surface area (Å²) < 4.78 is 3.79. The molecular weight excluding hydrogens is 386 g/mol. The molecule has 1 aliphatic rings. The van der Waals surface area contributed by atoms with Crippen molar-refractivity contribution in [3.8, 4) is 5.69 Å². The lowest BCUT2D eigenvalue weighted by atomic mass is 10.1. The number of benzene rings is 2. The molecule has 2 aromatic carbocycles. The van der Waals surface area contributed by atoms with E-state index in [1.165, 1.54) is 5.56 Å². The standard InChI is InChI=1S/C25H23N5O/c1-2-16-11-13-18(14-12-16)30-23-21(25(31)29(15-26-23)17-7-3-4-8-17)22-24(30)28-20-10-6-5-9-19(20)27-22/h5-6,9-15,17H,2-4,7-8H2,1H3. The van der Waals surface area contributed by atoms with Crippen molar-refractivity contribution in [2.75, 3.05) is 0 Å². The van der Waals surface area contributed by atoms with Gasteiger partial charge in [-0.05, 0) is 49.1 Å². The van der Waals surface area contributed by atoms with E-state index in [4.69, 9.17) is 15.0 Å². The van der Waals surface area contributed by atoms with E-state index in [1.54, 1.807) is 6.33 Å². The smallest absolute Gasteiger partial charge is 0.265 e. The van der Waals surface area contributed by atoms with Gasteiger partial charge in [0.2, 0.25) is 0 Å². The fourth-order valence-electron chi connectivity index (χ4n) is 4.82. The molecule has 3 heterocycles. The molecule has 6 rings (SSSR count). The Balaban J connectivity index is 1.73. The number of hydrogen-bond donors (Lipinski definition) is 0. The van der Waals surface area contributed by atoms with Gasteiger partial charge in [0.1, 0.15) is 17.2 Å². The van der Waals surface area contributed by atoms with Crippen molar-refractivity contribution in [2.24, 2.45) is 0 Å². The van der Waals surface area contributed by atoms with Crippen LogP contribution in [0.5, 0.6) is 0 Å². The average molecular weight is 409 g/mol. The highest BCUT2D eigenvalue weighted by molar-refractivity contribution is 6.05. The summed E-state index contributed by atoms with van der Waals surface area (Å²) in [6, 6.07) is 16.4. The summed E-state index contributed by atoms with van der Waals surface area (Å²) in [7, 11) is 0. The normalized spacial score (nSPS) is 14.9. The number of aromatic nitrogens is 5. The first-order chi connectivity index (χ1) is 15.2. The minimum Gasteiger partial charge on any atom is -0.295 e. The van der Waals surface area contributed by atoms with Crippen molar-refractivity contribution in [2.45, 2.75) is 45.1 Å². The van der Waals surface area contributed by atoms with E-state index in [9.17, 15) is 4.79 Å². The number of rotatable bonds is 3. The Morgan fingerprint density at radius 3 is 2.35 bits per heavy atom. The van der Waals surface area contributed by atoms with Gasteiger partial charge in [0.05, 0.1) is 11.0 Å². The first-order valence-corrected chi connectivity index (χ1v) is 11.0. The maximum atomic E-state index is 13.7. The number of para-hydroxylation sites is 2. The Kier molecular flexibility index (Phi) is 4.13. The van der Waals surface area contributed by atoms with Crippen LogP contribution in [0.4, 0.5) is 0 Å². The Morgan fingerprint density at radius 1 is 0.935 bits per heavy atom. The molecule has 31 heavy (non-hydrogen) atoms. The van der Waals surface area contributed by atoms with Crippen molar-refractivity contribution < 1.29 is 0 Å². The third kappa shape index (κ3) is 2.78. The summed E-state index contributed by atoms with van der Waals surface area (Å²) in [6.07, 6.45) is 7.06. The van der Waals surface area contributed by atoms with Crippen molar-refractivity contribution in [1.29, 1.82) is 0 Å². The third-order valence-electron chi connectivity index (χ3n) is 6.51. The zero-order valence-electron chi connectivity index (χ0n) is 17.5. The zero-order valence-corrected chi connectivity index (χ0v) is 17.5. The van der Waals surface area contributed by atoms with E-state index >= 15 is 0 Å². The molecule has 0 atom stereocenters. The predicted molar refractivity (Wildman–Crippen MR) is 123 cm³/mol. The van der Waals surface area contributed by atoms with E-state index in [-0.39, 0.29) is 11.6 Å². The summed E-state index contributed by atoms with van der Waals surface area (Å²) >= 11 is 0. The second kappa shape index (κ2) is 7.01. The molecule has 0 saturated heterocycles.